The molecule has 4 nitrogen and oxygen atoms in total. The van der Waals surface area contributed by atoms with E-state index in [0.29, 0.717) is 33.3 Å². The molecular formula is C20H12ClNO3. The molecule has 1 heterocycles. The van der Waals surface area contributed by atoms with Gasteiger partial charge in [0.15, 0.2) is 5.58 Å². The summed E-state index contributed by atoms with van der Waals surface area (Å²) in [6, 6.07) is 21.3. The Hall–Kier alpha value is -3.11. The highest BCUT2D eigenvalue weighted by Crippen LogP contribution is 2.27. The van der Waals surface area contributed by atoms with Crippen LogP contribution in [-0.2, 0) is 0 Å². The molecule has 0 fully saturated rings. The van der Waals surface area contributed by atoms with E-state index in [1.54, 1.807) is 42.5 Å². The van der Waals surface area contributed by atoms with Gasteiger partial charge in [-0.15, -0.1) is 0 Å². The molecule has 0 aliphatic rings. The number of halogens is 1. The number of nitrogens with zero attached hydrogens (tertiary/aromatic N) is 1. The Morgan fingerprint density at radius 2 is 1.80 bits per heavy atom. The van der Waals surface area contributed by atoms with Gasteiger partial charge in [-0.1, -0.05) is 35.9 Å². The molecule has 0 amide bonds. The van der Waals surface area contributed by atoms with Crippen LogP contribution in [0.4, 0.5) is 0 Å². The summed E-state index contributed by atoms with van der Waals surface area (Å²) >= 11 is 5.90. The van der Waals surface area contributed by atoms with Crippen molar-refractivity contribution in [3.05, 3.63) is 83.4 Å². The summed E-state index contributed by atoms with van der Waals surface area (Å²) in [5.74, 6) is 0.423. The molecule has 0 aliphatic carbocycles. The lowest BCUT2D eigenvalue weighted by Crippen LogP contribution is -2.08. The Labute approximate surface area is 148 Å². The lowest BCUT2D eigenvalue weighted by Gasteiger charge is -2.04. The van der Waals surface area contributed by atoms with Crippen molar-refractivity contribution in [1.82, 2.24) is 4.98 Å². The van der Waals surface area contributed by atoms with Gasteiger partial charge in [0.05, 0.1) is 5.56 Å². The third kappa shape index (κ3) is 3.25. The first kappa shape index (κ1) is 15.4. The zero-order valence-electron chi connectivity index (χ0n) is 13.0. The van der Waals surface area contributed by atoms with Gasteiger partial charge in [0.2, 0.25) is 5.89 Å². The summed E-state index contributed by atoms with van der Waals surface area (Å²) in [7, 11) is 0. The Bertz CT molecular complexity index is 1060. The maximum atomic E-state index is 12.2. The predicted octanol–water partition coefficient (Wildman–Crippen LogP) is 5.37. The van der Waals surface area contributed by atoms with Crippen molar-refractivity contribution in [3.8, 4) is 17.2 Å². The molecule has 1 aromatic heterocycles. The SMILES string of the molecule is O=C(Oc1ccc2nc(-c3ccccc3)oc2c1)c1cccc(Cl)c1. The molecule has 0 unspecified atom stereocenters. The van der Waals surface area contributed by atoms with E-state index >= 15 is 0 Å². The van der Waals surface area contributed by atoms with Gasteiger partial charge in [0.1, 0.15) is 11.3 Å². The smallest absolute Gasteiger partial charge is 0.343 e. The van der Waals surface area contributed by atoms with Gasteiger partial charge in [-0.2, -0.15) is 0 Å². The zero-order valence-corrected chi connectivity index (χ0v) is 13.7. The van der Waals surface area contributed by atoms with Crippen LogP contribution in [0.25, 0.3) is 22.6 Å². The van der Waals surface area contributed by atoms with Crippen LogP contribution in [0.3, 0.4) is 0 Å². The predicted molar refractivity (Wildman–Crippen MR) is 95.9 cm³/mol. The third-order valence-corrected chi connectivity index (χ3v) is 3.89. The molecule has 3 aromatic carbocycles. The third-order valence-electron chi connectivity index (χ3n) is 3.65. The number of hydrogen-bond acceptors (Lipinski definition) is 4. The van der Waals surface area contributed by atoms with Crippen molar-refractivity contribution in [2.45, 2.75) is 0 Å². The number of hydrogen-bond donors (Lipinski definition) is 0. The van der Waals surface area contributed by atoms with Crippen LogP contribution in [-0.4, -0.2) is 11.0 Å². The first-order valence-corrected chi connectivity index (χ1v) is 8.00. The molecule has 122 valence electrons. The summed E-state index contributed by atoms with van der Waals surface area (Å²) in [4.78, 5) is 16.7. The molecule has 0 N–H and O–H groups in total. The second-order valence-electron chi connectivity index (χ2n) is 5.41. The largest absolute Gasteiger partial charge is 0.436 e. The van der Waals surface area contributed by atoms with Gasteiger partial charge in [0.25, 0.3) is 0 Å². The van der Waals surface area contributed by atoms with E-state index in [1.807, 2.05) is 30.3 Å². The summed E-state index contributed by atoms with van der Waals surface area (Å²) in [6.07, 6.45) is 0. The average Bonchev–Trinajstić information content (AvgIpc) is 3.06. The maximum Gasteiger partial charge on any atom is 0.343 e. The van der Waals surface area contributed by atoms with Crippen LogP contribution >= 0.6 is 11.6 Å². The van der Waals surface area contributed by atoms with Gasteiger partial charge in [-0.05, 0) is 42.5 Å². The molecule has 0 saturated carbocycles. The van der Waals surface area contributed by atoms with E-state index in [1.165, 1.54) is 0 Å². The first-order valence-electron chi connectivity index (χ1n) is 7.63. The average molecular weight is 350 g/mol. The van der Waals surface area contributed by atoms with Crippen LogP contribution in [0, 0.1) is 0 Å². The normalized spacial score (nSPS) is 10.8. The number of benzene rings is 3. The van der Waals surface area contributed by atoms with Crippen molar-refractivity contribution in [3.63, 3.8) is 0 Å². The fourth-order valence-electron chi connectivity index (χ4n) is 2.45. The van der Waals surface area contributed by atoms with Crippen LogP contribution in [0.2, 0.25) is 5.02 Å². The fraction of sp³-hybridized carbons (Fsp3) is 0. The lowest BCUT2D eigenvalue weighted by molar-refractivity contribution is 0.0735. The van der Waals surface area contributed by atoms with E-state index in [0.717, 1.165) is 5.56 Å². The molecule has 0 saturated heterocycles. The topological polar surface area (TPSA) is 52.3 Å². The molecule has 0 aliphatic heterocycles. The number of carbonyl (C=O) groups is 1. The van der Waals surface area contributed by atoms with E-state index in [9.17, 15) is 4.79 Å². The van der Waals surface area contributed by atoms with Gasteiger partial charge < -0.3 is 9.15 Å². The van der Waals surface area contributed by atoms with Crippen LogP contribution in [0.1, 0.15) is 10.4 Å². The van der Waals surface area contributed by atoms with Gasteiger partial charge in [0, 0.05) is 16.7 Å². The van der Waals surface area contributed by atoms with E-state index < -0.39 is 5.97 Å². The second-order valence-corrected chi connectivity index (χ2v) is 5.85. The number of carbonyl (C=O) groups excluding carboxylic acids is 1. The summed E-state index contributed by atoms with van der Waals surface area (Å²) in [5.41, 5.74) is 2.52. The molecule has 0 atom stereocenters. The van der Waals surface area contributed by atoms with Crippen LogP contribution < -0.4 is 4.74 Å². The minimum Gasteiger partial charge on any atom is -0.436 e. The Kier molecular flexibility index (Phi) is 3.96. The second kappa shape index (κ2) is 6.42. The van der Waals surface area contributed by atoms with Crippen molar-refractivity contribution in [1.29, 1.82) is 0 Å². The Morgan fingerprint density at radius 1 is 0.960 bits per heavy atom. The van der Waals surface area contributed by atoms with Crippen LogP contribution in [0.5, 0.6) is 5.75 Å². The number of ether oxygens (including phenoxy) is 1. The highest BCUT2D eigenvalue weighted by Gasteiger charge is 2.12. The number of esters is 1. The van der Waals surface area contributed by atoms with E-state index in [4.69, 9.17) is 20.8 Å². The number of aromatic nitrogens is 1. The van der Waals surface area contributed by atoms with E-state index in [-0.39, 0.29) is 0 Å². The standard InChI is InChI=1S/C20H12ClNO3/c21-15-8-4-7-14(11-15)20(23)24-16-9-10-17-18(12-16)25-19(22-17)13-5-2-1-3-6-13/h1-12H. The number of fused-ring (bicyclic) bond motifs is 1. The lowest BCUT2D eigenvalue weighted by atomic mass is 10.2. The first-order chi connectivity index (χ1) is 12.2. The Morgan fingerprint density at radius 3 is 2.60 bits per heavy atom. The Balaban J connectivity index is 1.62. The maximum absolute atomic E-state index is 12.2. The summed E-state index contributed by atoms with van der Waals surface area (Å²) < 4.78 is 11.2. The molecule has 5 heteroatoms. The quantitative estimate of drug-likeness (QED) is 0.368. The highest BCUT2D eigenvalue weighted by molar-refractivity contribution is 6.30. The molecular weight excluding hydrogens is 338 g/mol. The molecule has 4 rings (SSSR count). The summed E-state index contributed by atoms with van der Waals surface area (Å²) in [6.45, 7) is 0. The van der Waals surface area contributed by atoms with Crippen molar-refractivity contribution < 1.29 is 13.9 Å². The molecule has 25 heavy (non-hydrogen) atoms. The zero-order chi connectivity index (χ0) is 17.2. The molecule has 0 spiro atoms. The number of oxazole rings is 1. The monoisotopic (exact) mass is 349 g/mol. The van der Waals surface area contributed by atoms with Gasteiger partial charge >= 0.3 is 5.97 Å². The minimum absolute atomic E-state index is 0.383. The molecule has 0 radical (unpaired) electrons. The van der Waals surface area contributed by atoms with E-state index in [2.05, 4.69) is 4.98 Å². The van der Waals surface area contributed by atoms with Gasteiger partial charge in [-0.25, -0.2) is 9.78 Å². The van der Waals surface area contributed by atoms with Crippen molar-refractivity contribution >= 4 is 28.7 Å². The fourth-order valence-corrected chi connectivity index (χ4v) is 2.64. The van der Waals surface area contributed by atoms with Gasteiger partial charge in [-0.3, -0.25) is 0 Å². The molecule has 0 bridgehead atoms. The van der Waals surface area contributed by atoms with Crippen molar-refractivity contribution in [2.75, 3.05) is 0 Å². The summed E-state index contributed by atoms with van der Waals surface area (Å²) in [5, 5.41) is 0.479. The molecule has 4 aromatic rings. The van der Waals surface area contributed by atoms with Crippen LogP contribution in [0.15, 0.2) is 77.2 Å². The minimum atomic E-state index is -0.482. The van der Waals surface area contributed by atoms with Crippen molar-refractivity contribution in [2.24, 2.45) is 0 Å². The number of rotatable bonds is 3. The highest BCUT2D eigenvalue weighted by atomic mass is 35.5.